The Morgan fingerprint density at radius 2 is 2.16 bits per heavy atom. The van der Waals surface area contributed by atoms with Gasteiger partial charge in [0.2, 0.25) is 0 Å². The topological polar surface area (TPSA) is 62.7 Å². The Morgan fingerprint density at radius 3 is 2.68 bits per heavy atom. The highest BCUT2D eigenvalue weighted by Crippen LogP contribution is 2.45. The summed E-state index contributed by atoms with van der Waals surface area (Å²) in [6.07, 6.45) is 2.27. The first-order valence-electron chi connectivity index (χ1n) is 6.57. The number of carbonyl (C=O) groups is 1. The zero-order valence-electron chi connectivity index (χ0n) is 11.2. The number of ether oxygens (including phenoxy) is 1. The van der Waals surface area contributed by atoms with Crippen LogP contribution < -0.4 is 4.90 Å². The van der Waals surface area contributed by atoms with Crippen LogP contribution in [0.5, 0.6) is 0 Å². The standard InChI is InChI=1S/C14H18N2O3/c1-9-11(13(17)19-2)5-6-12(15-9)16-7-14(18,8-16)10-3-4-10/h5-6,10,18H,3-4,7-8H2,1-2H3. The summed E-state index contributed by atoms with van der Waals surface area (Å²) in [4.78, 5) is 18.0. The first-order valence-corrected chi connectivity index (χ1v) is 6.57. The molecule has 0 atom stereocenters. The number of aromatic nitrogens is 1. The van der Waals surface area contributed by atoms with E-state index in [2.05, 4.69) is 4.98 Å². The van der Waals surface area contributed by atoms with Crippen LogP contribution in [0.25, 0.3) is 0 Å². The Labute approximate surface area is 112 Å². The Hall–Kier alpha value is -1.62. The van der Waals surface area contributed by atoms with Gasteiger partial charge >= 0.3 is 5.97 Å². The Bertz CT molecular complexity index is 519. The van der Waals surface area contributed by atoms with Crippen molar-refractivity contribution in [3.8, 4) is 0 Å². The van der Waals surface area contributed by atoms with Crippen molar-refractivity contribution in [2.45, 2.75) is 25.4 Å². The van der Waals surface area contributed by atoms with Crippen LogP contribution in [0, 0.1) is 12.8 Å². The average Bonchev–Trinajstić information content (AvgIpc) is 3.18. The van der Waals surface area contributed by atoms with E-state index < -0.39 is 5.60 Å². The molecular formula is C14H18N2O3. The van der Waals surface area contributed by atoms with E-state index in [4.69, 9.17) is 4.74 Å². The molecule has 1 saturated carbocycles. The predicted molar refractivity (Wildman–Crippen MR) is 70.2 cm³/mol. The number of aryl methyl sites for hydroxylation is 1. The number of carbonyl (C=O) groups excluding carboxylic acids is 1. The van der Waals surface area contributed by atoms with Gasteiger partial charge in [0.15, 0.2) is 0 Å². The van der Waals surface area contributed by atoms with Crippen LogP contribution in [0.2, 0.25) is 0 Å². The largest absolute Gasteiger partial charge is 0.465 e. The molecule has 1 aromatic rings. The molecule has 0 unspecified atom stereocenters. The molecule has 1 aliphatic carbocycles. The van der Waals surface area contributed by atoms with E-state index >= 15 is 0 Å². The maximum atomic E-state index is 11.5. The van der Waals surface area contributed by atoms with Gasteiger partial charge in [0, 0.05) is 0 Å². The number of β-amino-alcohol motifs (C(OH)–C–C–N with tert-alkyl or cyclic N) is 1. The quantitative estimate of drug-likeness (QED) is 0.828. The molecule has 2 heterocycles. The summed E-state index contributed by atoms with van der Waals surface area (Å²) in [6, 6.07) is 3.55. The van der Waals surface area contributed by atoms with Gasteiger partial charge in [-0.2, -0.15) is 0 Å². The second-order valence-corrected chi connectivity index (χ2v) is 5.53. The van der Waals surface area contributed by atoms with Crippen molar-refractivity contribution in [3.63, 3.8) is 0 Å². The van der Waals surface area contributed by atoms with Crippen LogP contribution in [0.1, 0.15) is 28.9 Å². The molecule has 0 amide bonds. The van der Waals surface area contributed by atoms with Crippen LogP contribution >= 0.6 is 0 Å². The van der Waals surface area contributed by atoms with Gasteiger partial charge in [-0.3, -0.25) is 0 Å². The number of pyridine rings is 1. The molecule has 1 N–H and O–H groups in total. The summed E-state index contributed by atoms with van der Waals surface area (Å²) >= 11 is 0. The zero-order valence-corrected chi connectivity index (χ0v) is 11.2. The maximum absolute atomic E-state index is 11.5. The number of rotatable bonds is 3. The monoisotopic (exact) mass is 262 g/mol. The van der Waals surface area contributed by atoms with E-state index in [9.17, 15) is 9.90 Å². The molecule has 3 rings (SSSR count). The van der Waals surface area contributed by atoms with Gasteiger partial charge in [0.05, 0.1) is 31.5 Å². The number of hydrogen-bond donors (Lipinski definition) is 1. The van der Waals surface area contributed by atoms with E-state index in [0.29, 0.717) is 30.3 Å². The van der Waals surface area contributed by atoms with Crippen molar-refractivity contribution in [1.82, 2.24) is 4.98 Å². The van der Waals surface area contributed by atoms with Crippen LogP contribution in [-0.2, 0) is 4.74 Å². The molecule has 0 spiro atoms. The molecule has 0 aromatic carbocycles. The number of methoxy groups -OCH3 is 1. The smallest absolute Gasteiger partial charge is 0.339 e. The van der Waals surface area contributed by atoms with Crippen LogP contribution in [-0.4, -0.2) is 41.9 Å². The summed E-state index contributed by atoms with van der Waals surface area (Å²) in [5.41, 5.74) is 0.631. The van der Waals surface area contributed by atoms with Crippen LogP contribution in [0.15, 0.2) is 12.1 Å². The SMILES string of the molecule is COC(=O)c1ccc(N2CC(O)(C3CC3)C2)nc1C. The fraction of sp³-hybridized carbons (Fsp3) is 0.571. The summed E-state index contributed by atoms with van der Waals surface area (Å²) < 4.78 is 4.70. The minimum Gasteiger partial charge on any atom is -0.465 e. The van der Waals surface area contributed by atoms with Crippen LogP contribution in [0.3, 0.4) is 0 Å². The number of anilines is 1. The molecule has 19 heavy (non-hydrogen) atoms. The Morgan fingerprint density at radius 1 is 1.47 bits per heavy atom. The molecule has 5 heteroatoms. The molecule has 102 valence electrons. The van der Waals surface area contributed by atoms with Crippen molar-refractivity contribution < 1.29 is 14.6 Å². The molecular weight excluding hydrogens is 244 g/mol. The van der Waals surface area contributed by atoms with Crippen molar-refractivity contribution in [2.24, 2.45) is 5.92 Å². The molecule has 0 bridgehead atoms. The lowest BCUT2D eigenvalue weighted by Crippen LogP contribution is -2.63. The van der Waals surface area contributed by atoms with Gasteiger partial charge in [-0.05, 0) is 37.8 Å². The number of nitrogens with zero attached hydrogens (tertiary/aromatic N) is 2. The van der Waals surface area contributed by atoms with E-state index in [0.717, 1.165) is 18.7 Å². The average molecular weight is 262 g/mol. The fourth-order valence-corrected chi connectivity index (χ4v) is 2.71. The minimum atomic E-state index is -0.517. The summed E-state index contributed by atoms with van der Waals surface area (Å²) in [6.45, 7) is 3.08. The van der Waals surface area contributed by atoms with Gasteiger partial charge in [-0.25, -0.2) is 9.78 Å². The third kappa shape index (κ3) is 2.08. The summed E-state index contributed by atoms with van der Waals surface area (Å²) in [7, 11) is 1.36. The van der Waals surface area contributed by atoms with Gasteiger partial charge in [0.25, 0.3) is 0 Å². The Kier molecular flexibility index (Phi) is 2.74. The second kappa shape index (κ2) is 4.20. The number of aliphatic hydroxyl groups is 1. The molecule has 2 aliphatic rings. The van der Waals surface area contributed by atoms with E-state index in [1.165, 1.54) is 7.11 Å². The molecule has 1 aromatic heterocycles. The molecule has 1 saturated heterocycles. The van der Waals surface area contributed by atoms with Gasteiger partial charge in [0.1, 0.15) is 11.4 Å². The van der Waals surface area contributed by atoms with Gasteiger partial charge < -0.3 is 14.7 Å². The lowest BCUT2D eigenvalue weighted by molar-refractivity contribution is -0.00977. The molecule has 2 fully saturated rings. The maximum Gasteiger partial charge on any atom is 0.339 e. The van der Waals surface area contributed by atoms with Gasteiger partial charge in [-0.1, -0.05) is 0 Å². The molecule has 1 aliphatic heterocycles. The third-order valence-electron chi connectivity index (χ3n) is 4.07. The lowest BCUT2D eigenvalue weighted by atomic mass is 9.89. The minimum absolute atomic E-state index is 0.366. The highest BCUT2D eigenvalue weighted by atomic mass is 16.5. The van der Waals surface area contributed by atoms with Gasteiger partial charge in [-0.15, -0.1) is 0 Å². The lowest BCUT2D eigenvalue weighted by Gasteiger charge is -2.47. The van der Waals surface area contributed by atoms with E-state index in [-0.39, 0.29) is 5.97 Å². The van der Waals surface area contributed by atoms with Crippen molar-refractivity contribution in [2.75, 3.05) is 25.1 Å². The highest BCUT2D eigenvalue weighted by Gasteiger charge is 2.52. The summed E-state index contributed by atoms with van der Waals surface area (Å²) in [5, 5.41) is 10.3. The van der Waals surface area contributed by atoms with Crippen molar-refractivity contribution >= 4 is 11.8 Å². The highest BCUT2D eigenvalue weighted by molar-refractivity contribution is 5.90. The first-order chi connectivity index (χ1) is 9.03. The van der Waals surface area contributed by atoms with Crippen LogP contribution in [0.4, 0.5) is 5.82 Å². The fourth-order valence-electron chi connectivity index (χ4n) is 2.71. The van der Waals surface area contributed by atoms with E-state index in [1.54, 1.807) is 13.0 Å². The molecule has 5 nitrogen and oxygen atoms in total. The summed E-state index contributed by atoms with van der Waals surface area (Å²) in [5.74, 6) is 0.921. The number of hydrogen-bond acceptors (Lipinski definition) is 5. The second-order valence-electron chi connectivity index (χ2n) is 5.53. The van der Waals surface area contributed by atoms with Crippen molar-refractivity contribution in [3.05, 3.63) is 23.4 Å². The molecule has 0 radical (unpaired) electrons. The number of esters is 1. The normalized spacial score (nSPS) is 20.9. The zero-order chi connectivity index (χ0) is 13.6. The third-order valence-corrected chi connectivity index (χ3v) is 4.07. The predicted octanol–water partition coefficient (Wildman–Crippen LogP) is 1.14. The van der Waals surface area contributed by atoms with Crippen molar-refractivity contribution in [1.29, 1.82) is 0 Å². The van der Waals surface area contributed by atoms with E-state index in [1.807, 2.05) is 11.0 Å². The Balaban J connectivity index is 1.73. The first kappa shape index (κ1) is 12.4.